The number of aryl methyl sites for hydroxylation is 2. The molecular weight excluding hydrogens is 575 g/mol. The third-order valence-electron chi connectivity index (χ3n) is 7.46. The first-order valence-corrected chi connectivity index (χ1v) is 14.4. The number of halogens is 2. The number of ether oxygens (including phenoxy) is 1. The smallest absolute Gasteiger partial charge is 0.279 e. The number of aromatic nitrogens is 2. The lowest BCUT2D eigenvalue weighted by Crippen LogP contribution is -2.31. The topological polar surface area (TPSA) is 96.7 Å². The molecule has 4 aromatic rings. The van der Waals surface area contributed by atoms with E-state index in [9.17, 15) is 9.59 Å². The predicted molar refractivity (Wildman–Crippen MR) is 165 cm³/mol. The number of fused-ring (bicyclic) bond motifs is 1. The van der Waals surface area contributed by atoms with Crippen LogP contribution in [0.4, 0.5) is 5.69 Å². The second kappa shape index (κ2) is 11.8. The van der Waals surface area contributed by atoms with Crippen molar-refractivity contribution < 1.29 is 19.4 Å². The van der Waals surface area contributed by atoms with E-state index in [0.29, 0.717) is 44.1 Å². The summed E-state index contributed by atoms with van der Waals surface area (Å²) < 4.78 is 7.73. The third kappa shape index (κ3) is 5.15. The zero-order valence-corrected chi connectivity index (χ0v) is 25.5. The van der Waals surface area contributed by atoms with Crippen LogP contribution in [0.15, 0.2) is 54.6 Å². The maximum Gasteiger partial charge on any atom is 0.279 e. The van der Waals surface area contributed by atoms with Gasteiger partial charge in [-0.25, -0.2) is 4.98 Å². The van der Waals surface area contributed by atoms with Crippen LogP contribution in [0.1, 0.15) is 69.2 Å². The Bertz CT molecular complexity index is 1700. The Morgan fingerprint density at radius 2 is 1.76 bits per heavy atom. The number of hydrogen-bond acceptors (Lipinski definition) is 5. The highest BCUT2D eigenvalue weighted by Gasteiger charge is 2.45. The highest BCUT2D eigenvalue weighted by atomic mass is 35.5. The molecule has 0 radical (unpaired) electrons. The lowest BCUT2D eigenvalue weighted by molar-refractivity contribution is 0.0943. The maximum absolute atomic E-state index is 14.4. The minimum absolute atomic E-state index is 0.115. The molecule has 1 aliphatic rings. The minimum atomic E-state index is -0.521. The molecule has 0 unspecified atom stereocenters. The largest absolute Gasteiger partial charge is 0.496 e. The Balaban J connectivity index is 1.78. The van der Waals surface area contributed by atoms with Crippen molar-refractivity contribution in [2.75, 3.05) is 25.2 Å². The van der Waals surface area contributed by atoms with Gasteiger partial charge in [0.1, 0.15) is 17.6 Å². The molecule has 8 nitrogen and oxygen atoms in total. The summed E-state index contributed by atoms with van der Waals surface area (Å²) in [4.78, 5) is 33.8. The van der Waals surface area contributed by atoms with E-state index < -0.39 is 6.04 Å². The molecule has 10 heteroatoms. The van der Waals surface area contributed by atoms with E-state index in [0.717, 1.165) is 22.4 Å². The Hall–Kier alpha value is -3.85. The number of amides is 2. The van der Waals surface area contributed by atoms with E-state index in [1.807, 2.05) is 56.5 Å². The highest BCUT2D eigenvalue weighted by Crippen LogP contribution is 2.47. The van der Waals surface area contributed by atoms with Crippen LogP contribution in [-0.2, 0) is 0 Å². The third-order valence-corrected chi connectivity index (χ3v) is 7.93. The number of aliphatic hydroxyl groups is 1. The van der Waals surface area contributed by atoms with Gasteiger partial charge >= 0.3 is 0 Å². The number of imidazole rings is 1. The zero-order valence-electron chi connectivity index (χ0n) is 24.0. The van der Waals surface area contributed by atoms with Crippen molar-refractivity contribution in [3.8, 4) is 17.1 Å². The van der Waals surface area contributed by atoms with Gasteiger partial charge in [-0.1, -0.05) is 35.3 Å². The molecule has 0 bridgehead atoms. The molecule has 0 fully saturated rings. The molecule has 2 N–H and O–H groups in total. The van der Waals surface area contributed by atoms with Crippen LogP contribution in [0.2, 0.25) is 10.0 Å². The number of nitrogens with zero attached hydrogens (tertiary/aromatic N) is 3. The molecule has 1 aliphatic heterocycles. The molecule has 1 atom stereocenters. The molecule has 5 rings (SSSR count). The van der Waals surface area contributed by atoms with Gasteiger partial charge in [-0.15, -0.1) is 0 Å². The van der Waals surface area contributed by atoms with Crippen molar-refractivity contribution in [1.29, 1.82) is 0 Å². The molecule has 0 saturated carbocycles. The second-order valence-electron chi connectivity index (χ2n) is 10.5. The monoisotopic (exact) mass is 606 g/mol. The fraction of sp³-hybridized carbons (Fsp3) is 0.281. The van der Waals surface area contributed by atoms with Crippen molar-refractivity contribution in [3.05, 3.63) is 98.3 Å². The first kappa shape index (κ1) is 29.6. The normalized spacial score (nSPS) is 14.5. The zero-order chi connectivity index (χ0) is 30.3. The van der Waals surface area contributed by atoms with Crippen molar-refractivity contribution in [1.82, 2.24) is 14.9 Å². The molecule has 2 heterocycles. The maximum atomic E-state index is 14.4. The molecule has 1 aromatic heterocycles. The lowest BCUT2D eigenvalue weighted by atomic mass is 9.97. The standard InChI is InChI=1S/C32H32Cl2N4O4/c1-17(2)37-29-27(36-30(37)24-15-20(7-11-26(24)42-5)31(40)35-12-13-39)32(41)38(25-16-22(34)8-6-18(25)3)28(29)23-10-9-21(33)14-19(23)4/h6-11,14-17,28,39H,12-13H2,1-5H3,(H,35,40)/t28-/m0/s1. The Morgan fingerprint density at radius 3 is 2.43 bits per heavy atom. The van der Waals surface area contributed by atoms with Crippen LogP contribution >= 0.6 is 23.2 Å². The van der Waals surface area contributed by atoms with Crippen LogP contribution in [0.25, 0.3) is 11.4 Å². The van der Waals surface area contributed by atoms with Gasteiger partial charge < -0.3 is 19.7 Å². The summed E-state index contributed by atoms with van der Waals surface area (Å²) in [6.07, 6.45) is 0. The number of methoxy groups -OCH3 is 1. The molecule has 0 aliphatic carbocycles. The minimum Gasteiger partial charge on any atom is -0.496 e. The van der Waals surface area contributed by atoms with E-state index in [4.69, 9.17) is 38.0 Å². The van der Waals surface area contributed by atoms with E-state index in [-0.39, 0.29) is 31.0 Å². The van der Waals surface area contributed by atoms with E-state index >= 15 is 0 Å². The Labute approximate surface area is 254 Å². The first-order valence-electron chi connectivity index (χ1n) is 13.6. The van der Waals surface area contributed by atoms with Crippen molar-refractivity contribution in [2.24, 2.45) is 0 Å². The van der Waals surface area contributed by atoms with E-state index in [1.54, 1.807) is 42.3 Å². The van der Waals surface area contributed by atoms with Gasteiger partial charge in [0.25, 0.3) is 11.8 Å². The summed E-state index contributed by atoms with van der Waals surface area (Å²) in [6, 6.07) is 15.6. The molecule has 2 amide bonds. The summed E-state index contributed by atoms with van der Waals surface area (Å²) >= 11 is 12.8. The summed E-state index contributed by atoms with van der Waals surface area (Å²) in [5.41, 5.74) is 5.42. The summed E-state index contributed by atoms with van der Waals surface area (Å²) in [5, 5.41) is 13.0. The quantitative estimate of drug-likeness (QED) is 0.237. The molecule has 42 heavy (non-hydrogen) atoms. The van der Waals surface area contributed by atoms with Crippen LogP contribution in [-0.4, -0.2) is 46.7 Å². The Kier molecular flexibility index (Phi) is 8.32. The molecule has 3 aromatic carbocycles. The molecule has 0 spiro atoms. The van der Waals surface area contributed by atoms with E-state index in [1.165, 1.54) is 0 Å². The van der Waals surface area contributed by atoms with Gasteiger partial charge in [-0.3, -0.25) is 14.5 Å². The second-order valence-corrected chi connectivity index (χ2v) is 11.4. The SMILES string of the molecule is COc1ccc(C(=O)NCCO)cc1-c1nc2c(n1C(C)C)[C@H](c1ccc(Cl)cc1C)N(c1cc(Cl)ccc1C)C2=O. The van der Waals surface area contributed by atoms with Crippen LogP contribution in [0.3, 0.4) is 0 Å². The lowest BCUT2D eigenvalue weighted by Gasteiger charge is -2.30. The Morgan fingerprint density at radius 1 is 1.05 bits per heavy atom. The number of benzene rings is 3. The molecule has 218 valence electrons. The van der Waals surface area contributed by atoms with Crippen molar-refractivity contribution >= 4 is 40.7 Å². The van der Waals surface area contributed by atoms with Gasteiger partial charge in [-0.05, 0) is 86.8 Å². The highest BCUT2D eigenvalue weighted by molar-refractivity contribution is 6.31. The predicted octanol–water partition coefficient (Wildman–Crippen LogP) is 6.54. The van der Waals surface area contributed by atoms with Crippen LogP contribution in [0, 0.1) is 13.8 Å². The number of carbonyl (C=O) groups excluding carboxylic acids is 2. The van der Waals surface area contributed by atoms with Crippen molar-refractivity contribution in [3.63, 3.8) is 0 Å². The number of aliphatic hydroxyl groups excluding tert-OH is 1. The number of nitrogens with one attached hydrogen (secondary N) is 1. The van der Waals surface area contributed by atoms with Crippen LogP contribution < -0.4 is 15.0 Å². The molecular formula is C32H32Cl2N4O4. The van der Waals surface area contributed by atoms with Gasteiger partial charge in [-0.2, -0.15) is 0 Å². The van der Waals surface area contributed by atoms with E-state index in [2.05, 4.69) is 5.32 Å². The van der Waals surface area contributed by atoms with Crippen LogP contribution in [0.5, 0.6) is 5.75 Å². The van der Waals surface area contributed by atoms with Crippen molar-refractivity contribution in [2.45, 2.75) is 39.8 Å². The summed E-state index contributed by atoms with van der Waals surface area (Å²) in [7, 11) is 1.55. The van der Waals surface area contributed by atoms with Gasteiger partial charge in [0, 0.05) is 33.9 Å². The fourth-order valence-electron chi connectivity index (χ4n) is 5.55. The summed E-state index contributed by atoms with van der Waals surface area (Å²) in [6.45, 7) is 7.93. The number of rotatable bonds is 8. The number of carbonyl (C=O) groups is 2. The average Bonchev–Trinajstić information content (AvgIpc) is 3.48. The molecule has 0 saturated heterocycles. The first-order chi connectivity index (χ1) is 20.1. The fourth-order valence-corrected chi connectivity index (χ4v) is 5.94. The average molecular weight is 608 g/mol. The van der Waals surface area contributed by atoms with Gasteiger partial charge in [0.2, 0.25) is 0 Å². The van der Waals surface area contributed by atoms with Gasteiger partial charge in [0.05, 0.1) is 25.0 Å². The number of anilines is 1. The number of hydrogen-bond donors (Lipinski definition) is 2. The summed E-state index contributed by atoms with van der Waals surface area (Å²) in [5.74, 6) is 0.423. The van der Waals surface area contributed by atoms with Gasteiger partial charge in [0.15, 0.2) is 5.69 Å².